The van der Waals surface area contributed by atoms with E-state index >= 15 is 0 Å². The molecule has 1 aliphatic carbocycles. The lowest BCUT2D eigenvalue weighted by Gasteiger charge is -2.40. The summed E-state index contributed by atoms with van der Waals surface area (Å²) in [6.07, 6.45) is 6.21. The summed E-state index contributed by atoms with van der Waals surface area (Å²) in [6.45, 7) is 3.89. The van der Waals surface area contributed by atoms with E-state index in [0.717, 1.165) is 32.4 Å². The van der Waals surface area contributed by atoms with Gasteiger partial charge in [0.1, 0.15) is 0 Å². The summed E-state index contributed by atoms with van der Waals surface area (Å²) in [5, 5.41) is 7.42. The van der Waals surface area contributed by atoms with E-state index in [4.69, 9.17) is 0 Å². The van der Waals surface area contributed by atoms with Crippen LogP contribution in [-0.4, -0.2) is 22.2 Å². The topological polar surface area (TPSA) is 46.9 Å². The van der Waals surface area contributed by atoms with Crippen molar-refractivity contribution in [2.24, 2.45) is 5.41 Å². The first-order chi connectivity index (χ1) is 8.28. The van der Waals surface area contributed by atoms with Crippen LogP contribution in [0.25, 0.3) is 0 Å². The van der Waals surface area contributed by atoms with E-state index in [1.165, 1.54) is 12.1 Å². The Labute approximate surface area is 101 Å². The summed E-state index contributed by atoms with van der Waals surface area (Å²) < 4.78 is 2.07. The summed E-state index contributed by atoms with van der Waals surface area (Å²) in [5.74, 6) is 0.593. The molecule has 92 valence electrons. The normalized spacial score (nSPS) is 25.9. The Balaban J connectivity index is 1.93. The highest BCUT2D eigenvalue weighted by atomic mass is 16.2. The number of aryl methyl sites for hydroxylation is 1. The van der Waals surface area contributed by atoms with Gasteiger partial charge < -0.3 is 5.32 Å². The van der Waals surface area contributed by atoms with Crippen LogP contribution in [-0.2, 0) is 11.3 Å². The number of rotatable bonds is 3. The Morgan fingerprint density at radius 1 is 1.59 bits per heavy atom. The summed E-state index contributed by atoms with van der Waals surface area (Å²) in [7, 11) is 0. The van der Waals surface area contributed by atoms with E-state index in [0.29, 0.717) is 5.92 Å². The number of carbonyl (C=O) groups is 1. The van der Waals surface area contributed by atoms with Crippen LogP contribution < -0.4 is 5.32 Å². The van der Waals surface area contributed by atoms with E-state index in [-0.39, 0.29) is 11.3 Å². The van der Waals surface area contributed by atoms with Gasteiger partial charge in [-0.25, -0.2) is 0 Å². The van der Waals surface area contributed by atoms with Gasteiger partial charge in [-0.1, -0.05) is 13.3 Å². The maximum Gasteiger partial charge on any atom is 0.226 e. The fourth-order valence-electron chi connectivity index (χ4n) is 3.28. The van der Waals surface area contributed by atoms with Crippen molar-refractivity contribution in [2.75, 3.05) is 6.54 Å². The average Bonchev–Trinajstić information content (AvgIpc) is 2.81. The standard InChI is InChI=1S/C13H19N3O/c1-2-8-16-11(4-7-15-16)10-9-14-12(17)13(10)5-3-6-13/h4,7,10H,2-3,5-6,8-9H2,1H3,(H,14,17)/t10-/m1/s1. The lowest BCUT2D eigenvalue weighted by molar-refractivity contribution is -0.132. The molecule has 1 spiro atoms. The molecule has 4 heteroatoms. The molecule has 1 atom stereocenters. The number of aromatic nitrogens is 2. The zero-order chi connectivity index (χ0) is 11.9. The quantitative estimate of drug-likeness (QED) is 0.863. The second-order valence-electron chi connectivity index (χ2n) is 5.25. The van der Waals surface area contributed by atoms with E-state index in [1.54, 1.807) is 0 Å². The van der Waals surface area contributed by atoms with Gasteiger partial charge in [0.25, 0.3) is 0 Å². The molecule has 1 aliphatic heterocycles. The molecule has 17 heavy (non-hydrogen) atoms. The molecule has 2 heterocycles. The second kappa shape index (κ2) is 3.86. The van der Waals surface area contributed by atoms with Crippen LogP contribution in [0.2, 0.25) is 0 Å². The molecule has 2 fully saturated rings. The van der Waals surface area contributed by atoms with Gasteiger partial charge in [0.15, 0.2) is 0 Å². The van der Waals surface area contributed by atoms with Crippen LogP contribution in [0.3, 0.4) is 0 Å². The summed E-state index contributed by atoms with van der Waals surface area (Å²) >= 11 is 0. The number of hydrogen-bond donors (Lipinski definition) is 1. The van der Waals surface area contributed by atoms with Crippen LogP contribution in [0.1, 0.15) is 44.2 Å². The van der Waals surface area contributed by atoms with Gasteiger partial charge in [-0.05, 0) is 25.3 Å². The van der Waals surface area contributed by atoms with Crippen molar-refractivity contribution in [1.29, 1.82) is 0 Å². The van der Waals surface area contributed by atoms with Crippen molar-refractivity contribution in [2.45, 2.75) is 45.1 Å². The number of hydrogen-bond acceptors (Lipinski definition) is 2. The molecular weight excluding hydrogens is 214 g/mol. The van der Waals surface area contributed by atoms with Crippen LogP contribution in [0.4, 0.5) is 0 Å². The van der Waals surface area contributed by atoms with Crippen LogP contribution in [0.5, 0.6) is 0 Å². The highest BCUT2D eigenvalue weighted by Gasteiger charge is 2.55. The molecule has 0 aromatic carbocycles. The summed E-state index contributed by atoms with van der Waals surface area (Å²) in [4.78, 5) is 12.0. The van der Waals surface area contributed by atoms with Gasteiger partial charge in [-0.3, -0.25) is 9.48 Å². The summed E-state index contributed by atoms with van der Waals surface area (Å²) in [6, 6.07) is 2.08. The van der Waals surface area contributed by atoms with Crippen molar-refractivity contribution in [3.63, 3.8) is 0 Å². The molecular formula is C13H19N3O. The fraction of sp³-hybridized carbons (Fsp3) is 0.692. The molecule has 1 aromatic rings. The first-order valence-corrected chi connectivity index (χ1v) is 6.58. The fourth-order valence-corrected chi connectivity index (χ4v) is 3.28. The van der Waals surface area contributed by atoms with E-state index in [2.05, 4.69) is 28.1 Å². The molecule has 0 bridgehead atoms. The zero-order valence-electron chi connectivity index (χ0n) is 10.3. The summed E-state index contributed by atoms with van der Waals surface area (Å²) in [5.41, 5.74) is 1.14. The molecule has 0 radical (unpaired) electrons. The molecule has 3 rings (SSSR count). The van der Waals surface area contributed by atoms with Crippen LogP contribution in [0.15, 0.2) is 12.3 Å². The van der Waals surface area contributed by atoms with Gasteiger partial charge in [0.2, 0.25) is 5.91 Å². The molecule has 2 aliphatic rings. The largest absolute Gasteiger partial charge is 0.355 e. The maximum atomic E-state index is 12.0. The van der Waals surface area contributed by atoms with Crippen molar-refractivity contribution in [3.8, 4) is 0 Å². The predicted octanol–water partition coefficient (Wildman–Crippen LogP) is 1.68. The lowest BCUT2D eigenvalue weighted by Crippen LogP contribution is -2.41. The minimum absolute atomic E-state index is 0.106. The van der Waals surface area contributed by atoms with Gasteiger partial charge >= 0.3 is 0 Å². The first-order valence-electron chi connectivity index (χ1n) is 6.58. The third-order valence-corrected chi connectivity index (χ3v) is 4.37. The van der Waals surface area contributed by atoms with E-state index < -0.39 is 0 Å². The third-order valence-electron chi connectivity index (χ3n) is 4.37. The molecule has 0 unspecified atom stereocenters. The van der Waals surface area contributed by atoms with Gasteiger partial charge in [0, 0.05) is 30.9 Å². The monoisotopic (exact) mass is 233 g/mol. The van der Waals surface area contributed by atoms with Crippen LogP contribution in [0, 0.1) is 5.41 Å². The number of nitrogens with zero attached hydrogens (tertiary/aromatic N) is 2. The molecule has 4 nitrogen and oxygen atoms in total. The molecule has 1 saturated carbocycles. The smallest absolute Gasteiger partial charge is 0.226 e. The Kier molecular flexibility index (Phi) is 2.45. The van der Waals surface area contributed by atoms with Crippen molar-refractivity contribution in [1.82, 2.24) is 15.1 Å². The molecule has 1 saturated heterocycles. The zero-order valence-corrected chi connectivity index (χ0v) is 10.3. The average molecular weight is 233 g/mol. The molecule has 1 N–H and O–H groups in total. The van der Waals surface area contributed by atoms with Crippen molar-refractivity contribution < 1.29 is 4.79 Å². The Hall–Kier alpha value is -1.32. The molecule has 1 aromatic heterocycles. The second-order valence-corrected chi connectivity index (χ2v) is 5.25. The Morgan fingerprint density at radius 2 is 2.41 bits per heavy atom. The molecule has 1 amide bonds. The maximum absolute atomic E-state index is 12.0. The van der Waals surface area contributed by atoms with Crippen molar-refractivity contribution in [3.05, 3.63) is 18.0 Å². The SMILES string of the molecule is CCCn1nccc1[C@H]1CNC(=O)C12CCC2. The lowest BCUT2D eigenvalue weighted by atomic mass is 9.61. The van der Waals surface area contributed by atoms with Gasteiger partial charge in [-0.15, -0.1) is 0 Å². The number of carbonyl (C=O) groups excluding carboxylic acids is 1. The highest BCUT2D eigenvalue weighted by Crippen LogP contribution is 2.53. The highest BCUT2D eigenvalue weighted by molar-refractivity contribution is 5.87. The van der Waals surface area contributed by atoms with Crippen molar-refractivity contribution >= 4 is 5.91 Å². The number of nitrogens with one attached hydrogen (secondary N) is 1. The van der Waals surface area contributed by atoms with E-state index in [9.17, 15) is 4.79 Å². The van der Waals surface area contributed by atoms with E-state index in [1.807, 2.05) is 6.20 Å². The van der Waals surface area contributed by atoms with Crippen LogP contribution >= 0.6 is 0 Å². The Morgan fingerprint density at radius 3 is 3.06 bits per heavy atom. The predicted molar refractivity (Wildman–Crippen MR) is 64.6 cm³/mol. The van der Waals surface area contributed by atoms with Gasteiger partial charge in [0.05, 0.1) is 5.41 Å². The Bertz CT molecular complexity index is 434. The third kappa shape index (κ3) is 1.43. The number of amides is 1. The minimum Gasteiger partial charge on any atom is -0.355 e. The van der Waals surface area contributed by atoms with Gasteiger partial charge in [-0.2, -0.15) is 5.10 Å². The minimum atomic E-state index is -0.106. The first kappa shape index (κ1) is 10.8.